The maximum atomic E-state index is 14.2. The van der Waals surface area contributed by atoms with Crippen LogP contribution < -0.4 is 8.92 Å². The van der Waals surface area contributed by atoms with Crippen molar-refractivity contribution in [2.45, 2.75) is 26.2 Å². The molecule has 0 radical (unpaired) electrons. The van der Waals surface area contributed by atoms with Crippen LogP contribution in [0.15, 0.2) is 60.7 Å². The summed E-state index contributed by atoms with van der Waals surface area (Å²) >= 11 is 0.109. The van der Waals surface area contributed by atoms with Crippen molar-refractivity contribution in [2.24, 2.45) is 0 Å². The second-order valence-electron chi connectivity index (χ2n) is 6.47. The normalized spacial score (nSPS) is 11.8. The molecule has 0 aliphatic carbocycles. The Morgan fingerprint density at radius 1 is 0.818 bits per heavy atom. The van der Waals surface area contributed by atoms with Gasteiger partial charge in [-0.3, -0.25) is 0 Å². The fourth-order valence-electron chi connectivity index (χ4n) is 2.50. The van der Waals surface area contributed by atoms with Crippen LogP contribution in [0.5, 0.6) is 0 Å². The van der Waals surface area contributed by atoms with E-state index in [0.717, 1.165) is 15.2 Å². The van der Waals surface area contributed by atoms with Crippen molar-refractivity contribution in [3.63, 3.8) is 0 Å². The summed E-state index contributed by atoms with van der Waals surface area (Å²) in [5.74, 6) is -0.124. The molecule has 0 fully saturated rings. The third-order valence-corrected chi connectivity index (χ3v) is 6.00. The number of hydrogen-bond donors (Lipinski definition) is 0. The molecule has 0 bridgehead atoms. The molecule has 0 heterocycles. The fourth-order valence-corrected chi connectivity index (χ4v) is 4.57. The van der Waals surface area contributed by atoms with Crippen molar-refractivity contribution < 1.29 is 4.39 Å². The summed E-state index contributed by atoms with van der Waals surface area (Å²) < 4.78 is 16.6. The zero-order valence-electron chi connectivity index (χ0n) is 13.1. The van der Waals surface area contributed by atoms with Crippen molar-refractivity contribution in [1.82, 2.24) is 0 Å². The first kappa shape index (κ1) is 15.3. The molecule has 112 valence electrons. The molecule has 22 heavy (non-hydrogen) atoms. The Balaban J connectivity index is 1.97. The zero-order chi connectivity index (χ0) is 15.7. The van der Waals surface area contributed by atoms with Crippen molar-refractivity contribution in [2.75, 3.05) is 0 Å². The Bertz CT molecular complexity index is 793. The molecular weight excluding hydrogens is 338 g/mol. The van der Waals surface area contributed by atoms with Gasteiger partial charge in [-0.2, -0.15) is 0 Å². The maximum absolute atomic E-state index is 14.2. The quantitative estimate of drug-likeness (QED) is 0.610. The van der Waals surface area contributed by atoms with Gasteiger partial charge in [-0.1, -0.05) is 0 Å². The Morgan fingerprint density at radius 3 is 2.09 bits per heavy atom. The summed E-state index contributed by atoms with van der Waals surface area (Å²) in [6.45, 7) is 6.65. The summed E-state index contributed by atoms with van der Waals surface area (Å²) in [4.78, 5) is 0. The predicted molar refractivity (Wildman–Crippen MR) is 94.1 cm³/mol. The van der Waals surface area contributed by atoms with Gasteiger partial charge in [0.1, 0.15) is 0 Å². The van der Waals surface area contributed by atoms with Crippen LogP contribution in [0, 0.1) is 5.82 Å². The van der Waals surface area contributed by atoms with Crippen LogP contribution >= 0.6 is 0 Å². The topological polar surface area (TPSA) is 0 Å². The van der Waals surface area contributed by atoms with Crippen LogP contribution in [0.1, 0.15) is 26.3 Å². The molecule has 0 spiro atoms. The molecule has 0 saturated carbocycles. The Hall–Kier alpha value is -1.63. The first-order valence-electron chi connectivity index (χ1n) is 7.41. The van der Waals surface area contributed by atoms with E-state index < -0.39 is 0 Å². The van der Waals surface area contributed by atoms with E-state index in [0.29, 0.717) is 0 Å². The molecule has 3 rings (SSSR count). The molecule has 0 atom stereocenters. The molecule has 0 amide bonds. The molecule has 0 saturated heterocycles. The van der Waals surface area contributed by atoms with Crippen LogP contribution in [-0.4, -0.2) is 15.0 Å². The number of benzene rings is 3. The van der Waals surface area contributed by atoms with Gasteiger partial charge < -0.3 is 0 Å². The van der Waals surface area contributed by atoms with Crippen molar-refractivity contribution >= 4 is 34.7 Å². The van der Waals surface area contributed by atoms with Gasteiger partial charge in [-0.15, -0.1) is 0 Å². The van der Waals surface area contributed by atoms with Gasteiger partial charge in [0, 0.05) is 0 Å². The minimum atomic E-state index is -0.124. The van der Waals surface area contributed by atoms with Gasteiger partial charge in [-0.05, 0) is 0 Å². The number of rotatable bonds is 2. The van der Waals surface area contributed by atoms with E-state index in [1.54, 1.807) is 12.1 Å². The SMILES string of the molecule is CC(C)(C)c1ccc([Se]c2cccc3cccc(F)c23)cc1. The average Bonchev–Trinajstić information content (AvgIpc) is 2.47. The van der Waals surface area contributed by atoms with Crippen LogP contribution in [0.4, 0.5) is 4.39 Å². The zero-order valence-corrected chi connectivity index (χ0v) is 14.8. The van der Waals surface area contributed by atoms with Gasteiger partial charge >= 0.3 is 137 Å². The van der Waals surface area contributed by atoms with Crippen molar-refractivity contribution in [3.05, 3.63) is 72.0 Å². The van der Waals surface area contributed by atoms with Gasteiger partial charge in [0.15, 0.2) is 0 Å². The Kier molecular flexibility index (Phi) is 4.07. The number of fused-ring (bicyclic) bond motifs is 1. The van der Waals surface area contributed by atoms with Crippen LogP contribution in [0.3, 0.4) is 0 Å². The molecule has 0 aliphatic heterocycles. The monoisotopic (exact) mass is 358 g/mol. The first-order valence-corrected chi connectivity index (χ1v) is 9.12. The second kappa shape index (κ2) is 5.87. The van der Waals surface area contributed by atoms with E-state index >= 15 is 0 Å². The summed E-state index contributed by atoms with van der Waals surface area (Å²) in [5.41, 5.74) is 1.49. The third kappa shape index (κ3) is 3.09. The summed E-state index contributed by atoms with van der Waals surface area (Å²) in [6.07, 6.45) is 0. The Morgan fingerprint density at radius 2 is 1.45 bits per heavy atom. The molecule has 3 aromatic carbocycles. The molecule has 0 N–H and O–H groups in total. The Labute approximate surface area is 137 Å². The standard InChI is InChI=1S/C20H19FSe/c1-20(2,3)15-10-12-16(13-11-15)22-18-9-5-7-14-6-4-8-17(21)19(14)18/h4-13H,1-3H3. The van der Waals surface area contributed by atoms with Gasteiger partial charge in [-0.25, -0.2) is 0 Å². The van der Waals surface area contributed by atoms with E-state index in [-0.39, 0.29) is 26.2 Å². The summed E-state index contributed by atoms with van der Waals surface area (Å²) in [7, 11) is 0. The van der Waals surface area contributed by atoms with E-state index in [2.05, 4.69) is 45.0 Å². The van der Waals surface area contributed by atoms with Gasteiger partial charge in [0.25, 0.3) is 0 Å². The number of halogens is 1. The number of hydrogen-bond acceptors (Lipinski definition) is 0. The van der Waals surface area contributed by atoms with Gasteiger partial charge in [0.05, 0.1) is 0 Å². The molecule has 2 heteroatoms. The second-order valence-corrected chi connectivity index (χ2v) is 8.81. The molecule has 0 unspecified atom stereocenters. The van der Waals surface area contributed by atoms with Crippen molar-refractivity contribution in [3.8, 4) is 0 Å². The molecule has 3 aromatic rings. The summed E-state index contributed by atoms with van der Waals surface area (Å²) in [6, 6.07) is 20.1. The van der Waals surface area contributed by atoms with Crippen LogP contribution in [0.2, 0.25) is 0 Å². The van der Waals surface area contributed by atoms with Crippen LogP contribution in [0.25, 0.3) is 10.8 Å². The predicted octanol–water partition coefficient (Wildman–Crippen LogP) is 3.93. The van der Waals surface area contributed by atoms with E-state index in [4.69, 9.17) is 0 Å². The van der Waals surface area contributed by atoms with E-state index in [1.807, 2.05) is 24.3 Å². The summed E-state index contributed by atoms with van der Waals surface area (Å²) in [5, 5.41) is 1.75. The average molecular weight is 357 g/mol. The molecule has 0 nitrogen and oxygen atoms in total. The van der Waals surface area contributed by atoms with E-state index in [1.165, 1.54) is 10.0 Å². The van der Waals surface area contributed by atoms with Gasteiger partial charge in [0.2, 0.25) is 0 Å². The minimum absolute atomic E-state index is 0.109. The van der Waals surface area contributed by atoms with E-state index in [9.17, 15) is 4.39 Å². The van der Waals surface area contributed by atoms with Crippen molar-refractivity contribution in [1.29, 1.82) is 0 Å². The first-order chi connectivity index (χ1) is 10.4. The molecular formula is C20H19FSe. The molecule has 0 aliphatic rings. The fraction of sp³-hybridized carbons (Fsp3) is 0.200. The van der Waals surface area contributed by atoms with Crippen LogP contribution in [-0.2, 0) is 5.41 Å². The molecule has 0 aromatic heterocycles. The third-order valence-electron chi connectivity index (χ3n) is 3.76.